The lowest BCUT2D eigenvalue weighted by Crippen LogP contribution is -2.22. The molecule has 66 valence electrons. The van der Waals surface area contributed by atoms with E-state index in [1.807, 2.05) is 0 Å². The highest BCUT2D eigenvalue weighted by Crippen LogP contribution is 1.87. The van der Waals surface area contributed by atoms with Crippen molar-refractivity contribution >= 4 is 24.2 Å². The van der Waals surface area contributed by atoms with Gasteiger partial charge in [0.05, 0.1) is 0 Å². The number of carboxylic acids is 1. The van der Waals surface area contributed by atoms with E-state index >= 15 is 0 Å². The molecule has 0 heterocycles. The largest absolute Gasteiger partial charge is 0.526 e. The molecule has 0 aromatic rings. The van der Waals surface area contributed by atoms with E-state index in [2.05, 4.69) is 9.47 Å². The van der Waals surface area contributed by atoms with E-state index in [1.54, 1.807) is 0 Å². The van der Waals surface area contributed by atoms with Gasteiger partial charge in [-0.05, 0) is 0 Å². The van der Waals surface area contributed by atoms with Crippen LogP contribution in [0, 0.1) is 0 Å². The fourth-order valence-corrected chi connectivity index (χ4v) is 0.211. The first-order valence-electron chi connectivity index (χ1n) is 2.33. The Labute approximate surface area is 64.3 Å². The van der Waals surface area contributed by atoms with Gasteiger partial charge >= 0.3 is 24.2 Å². The molecule has 0 bridgehead atoms. The summed E-state index contributed by atoms with van der Waals surface area (Å²) in [5, 5.41) is 15.6. The fraction of sp³-hybridized carbons (Fsp3) is 0. The Morgan fingerprint density at radius 3 is 1.75 bits per heavy atom. The molecule has 0 rings (SSSR count). The molecular formula is C4H2O8. The first kappa shape index (κ1) is 9.88. The van der Waals surface area contributed by atoms with Gasteiger partial charge < -0.3 is 19.7 Å². The third kappa shape index (κ3) is 3.82. The summed E-state index contributed by atoms with van der Waals surface area (Å²) in [7, 11) is 0. The third-order valence-electron chi connectivity index (χ3n) is 0.521. The second-order valence-electron chi connectivity index (χ2n) is 1.31. The normalized spacial score (nSPS) is 8.33. The maximum Gasteiger partial charge on any atom is 0.526 e. The van der Waals surface area contributed by atoms with Crippen LogP contribution in [0.3, 0.4) is 0 Å². The molecule has 0 radical (unpaired) electrons. The molecule has 0 aromatic heterocycles. The third-order valence-corrected chi connectivity index (χ3v) is 0.521. The zero-order chi connectivity index (χ0) is 9.72. The second kappa shape index (κ2) is 3.91. The van der Waals surface area contributed by atoms with Crippen LogP contribution in [0.4, 0.5) is 9.59 Å². The number of rotatable bonds is 0. The van der Waals surface area contributed by atoms with Crippen LogP contribution in [-0.4, -0.2) is 34.5 Å². The molecule has 0 saturated carbocycles. The highest BCUT2D eigenvalue weighted by molar-refractivity contribution is 6.30. The van der Waals surface area contributed by atoms with Crippen LogP contribution < -0.4 is 0 Å². The molecule has 0 fully saturated rings. The van der Waals surface area contributed by atoms with Crippen molar-refractivity contribution in [2.45, 2.75) is 0 Å². The summed E-state index contributed by atoms with van der Waals surface area (Å²) >= 11 is 0. The first-order valence-corrected chi connectivity index (χ1v) is 2.33. The van der Waals surface area contributed by atoms with Crippen molar-refractivity contribution in [1.82, 2.24) is 0 Å². The van der Waals surface area contributed by atoms with Gasteiger partial charge in [0.15, 0.2) is 0 Å². The topological polar surface area (TPSA) is 127 Å². The molecule has 12 heavy (non-hydrogen) atoms. The zero-order valence-electron chi connectivity index (χ0n) is 5.34. The van der Waals surface area contributed by atoms with Gasteiger partial charge in [0.1, 0.15) is 0 Å². The van der Waals surface area contributed by atoms with E-state index < -0.39 is 24.2 Å². The monoisotopic (exact) mass is 178 g/mol. The molecule has 0 aliphatic rings. The number of esters is 1. The number of carboxylic acid groups (broad SMARTS) is 2. The van der Waals surface area contributed by atoms with Crippen LogP contribution in [-0.2, 0) is 19.1 Å². The number of hydrogen-bond acceptors (Lipinski definition) is 6. The van der Waals surface area contributed by atoms with Crippen molar-refractivity contribution in [3.05, 3.63) is 0 Å². The molecule has 0 atom stereocenters. The minimum atomic E-state index is -2.03. The number of hydrogen-bond donors (Lipinski definition) is 2. The van der Waals surface area contributed by atoms with E-state index in [9.17, 15) is 19.2 Å². The zero-order valence-corrected chi connectivity index (χ0v) is 5.34. The Bertz CT molecular complexity index is 239. The van der Waals surface area contributed by atoms with Crippen LogP contribution in [0.1, 0.15) is 0 Å². The van der Waals surface area contributed by atoms with Crippen molar-refractivity contribution in [1.29, 1.82) is 0 Å². The summed E-state index contributed by atoms with van der Waals surface area (Å²) in [6.07, 6.45) is -3.91. The Balaban J connectivity index is 3.94. The number of aliphatic carboxylic acids is 1. The van der Waals surface area contributed by atoms with Crippen LogP contribution in [0.2, 0.25) is 0 Å². The molecule has 0 spiro atoms. The van der Waals surface area contributed by atoms with Crippen LogP contribution >= 0.6 is 0 Å². The summed E-state index contributed by atoms with van der Waals surface area (Å²) in [5.74, 6) is -3.95. The minimum absolute atomic E-state index is 1.91. The summed E-state index contributed by atoms with van der Waals surface area (Å²) in [4.78, 5) is 39.3. The van der Waals surface area contributed by atoms with Crippen molar-refractivity contribution in [3.63, 3.8) is 0 Å². The minimum Gasteiger partial charge on any atom is -0.473 e. The summed E-state index contributed by atoms with van der Waals surface area (Å²) in [5.41, 5.74) is 0. The standard InChI is InChI=1S/C4H2O8/c5-1(6)2(7)11-4(10)12-3(8)9/h(H,5,6)(H,8,9). The van der Waals surface area contributed by atoms with Gasteiger partial charge in [-0.2, -0.15) is 0 Å². The summed E-state index contributed by atoms with van der Waals surface area (Å²) in [6, 6.07) is 0. The Morgan fingerprint density at radius 2 is 1.42 bits per heavy atom. The smallest absolute Gasteiger partial charge is 0.473 e. The average molecular weight is 178 g/mol. The molecule has 0 aromatic carbocycles. The maximum atomic E-state index is 10.1. The Hall–Kier alpha value is -2.12. The predicted molar refractivity (Wildman–Crippen MR) is 28.2 cm³/mol. The highest BCUT2D eigenvalue weighted by Gasteiger charge is 2.20. The number of carbonyl (C=O) groups excluding carboxylic acids is 2. The van der Waals surface area contributed by atoms with Crippen LogP contribution in [0.25, 0.3) is 0 Å². The molecule has 0 aliphatic heterocycles. The van der Waals surface area contributed by atoms with Crippen molar-refractivity contribution in [3.8, 4) is 0 Å². The number of ether oxygens (including phenoxy) is 2. The van der Waals surface area contributed by atoms with E-state index in [0.717, 1.165) is 0 Å². The predicted octanol–water partition coefficient (Wildman–Crippen LogP) is -0.571. The lowest BCUT2D eigenvalue weighted by atomic mass is 10.7. The van der Waals surface area contributed by atoms with Crippen LogP contribution in [0.5, 0.6) is 0 Å². The SMILES string of the molecule is O=C(O)OC(=O)OC(=O)C(=O)O. The van der Waals surface area contributed by atoms with Crippen LogP contribution in [0.15, 0.2) is 0 Å². The van der Waals surface area contributed by atoms with E-state index in [0.29, 0.717) is 0 Å². The van der Waals surface area contributed by atoms with Gasteiger partial charge in [-0.15, -0.1) is 0 Å². The lowest BCUT2D eigenvalue weighted by molar-refractivity contribution is -0.161. The van der Waals surface area contributed by atoms with Gasteiger partial charge in [-0.3, -0.25) is 0 Å². The molecule has 0 aliphatic carbocycles. The first-order chi connectivity index (χ1) is 5.43. The van der Waals surface area contributed by atoms with Gasteiger partial charge in [-0.25, -0.2) is 19.2 Å². The molecule has 8 nitrogen and oxygen atoms in total. The Kier molecular flexibility index (Phi) is 3.22. The van der Waals surface area contributed by atoms with Crippen molar-refractivity contribution in [2.24, 2.45) is 0 Å². The molecule has 2 N–H and O–H groups in total. The average Bonchev–Trinajstić information content (AvgIpc) is 1.84. The van der Waals surface area contributed by atoms with Crippen molar-refractivity contribution in [2.75, 3.05) is 0 Å². The van der Waals surface area contributed by atoms with E-state index in [1.165, 1.54) is 0 Å². The fourth-order valence-electron chi connectivity index (χ4n) is 0.211. The van der Waals surface area contributed by atoms with Crippen molar-refractivity contribution < 1.29 is 38.9 Å². The molecule has 0 amide bonds. The molecule has 0 unspecified atom stereocenters. The lowest BCUT2D eigenvalue weighted by Gasteiger charge is -1.95. The van der Waals surface area contributed by atoms with E-state index in [-0.39, 0.29) is 0 Å². The molecule has 0 saturated heterocycles. The van der Waals surface area contributed by atoms with Gasteiger partial charge in [0.25, 0.3) is 0 Å². The summed E-state index contributed by atoms with van der Waals surface area (Å²) in [6.45, 7) is 0. The summed E-state index contributed by atoms with van der Waals surface area (Å²) < 4.78 is 6.58. The van der Waals surface area contributed by atoms with Gasteiger partial charge in [0, 0.05) is 0 Å². The number of carbonyl (C=O) groups is 4. The molecule has 8 heteroatoms. The highest BCUT2D eigenvalue weighted by atomic mass is 16.8. The quantitative estimate of drug-likeness (QED) is 0.286. The maximum absolute atomic E-state index is 10.1. The van der Waals surface area contributed by atoms with Gasteiger partial charge in [-0.1, -0.05) is 0 Å². The van der Waals surface area contributed by atoms with Gasteiger partial charge in [0.2, 0.25) is 0 Å². The molecular weight excluding hydrogens is 176 g/mol. The second-order valence-corrected chi connectivity index (χ2v) is 1.31. The van der Waals surface area contributed by atoms with E-state index in [4.69, 9.17) is 10.2 Å². The Morgan fingerprint density at radius 1 is 0.917 bits per heavy atom.